The van der Waals surface area contributed by atoms with Crippen LogP contribution in [0.25, 0.3) is 0 Å². The Labute approximate surface area is 180 Å². The van der Waals surface area contributed by atoms with Crippen molar-refractivity contribution in [3.63, 3.8) is 0 Å². The van der Waals surface area contributed by atoms with Gasteiger partial charge in [0.2, 0.25) is 0 Å². The molecule has 6 nitrogen and oxygen atoms in total. The molecule has 0 heterocycles. The quantitative estimate of drug-likeness (QED) is 0.549. The van der Waals surface area contributed by atoms with Gasteiger partial charge in [-0.2, -0.15) is 0 Å². The molecule has 0 aliphatic heterocycles. The smallest absolute Gasteiger partial charge is 0.262 e. The first-order valence-corrected chi connectivity index (χ1v) is 11.0. The van der Waals surface area contributed by atoms with Crippen molar-refractivity contribution in [2.24, 2.45) is 0 Å². The molecule has 3 aromatic rings. The van der Waals surface area contributed by atoms with Crippen molar-refractivity contribution in [2.75, 3.05) is 16.6 Å². The second kappa shape index (κ2) is 9.19. The number of benzene rings is 3. The number of rotatable bonds is 7. The topological polar surface area (TPSA) is 84.5 Å². The molecule has 0 saturated heterocycles. The first-order chi connectivity index (χ1) is 14.3. The Hall–Kier alpha value is -3.03. The molecule has 0 atom stereocenters. The summed E-state index contributed by atoms with van der Waals surface area (Å²) in [7, 11) is -3.76. The van der Waals surface area contributed by atoms with E-state index in [2.05, 4.69) is 10.0 Å². The number of amides is 1. The second-order valence-corrected chi connectivity index (χ2v) is 8.75. The molecule has 1 amide bonds. The van der Waals surface area contributed by atoms with Gasteiger partial charge in [0, 0.05) is 5.69 Å². The van der Waals surface area contributed by atoms with Gasteiger partial charge < -0.3 is 10.1 Å². The molecule has 8 heteroatoms. The molecule has 156 valence electrons. The minimum atomic E-state index is -3.76. The molecule has 0 radical (unpaired) electrons. The van der Waals surface area contributed by atoms with Gasteiger partial charge >= 0.3 is 0 Å². The zero-order valence-electron chi connectivity index (χ0n) is 16.5. The lowest BCUT2D eigenvalue weighted by Gasteiger charge is -2.13. The molecule has 0 saturated carbocycles. The number of nitrogens with one attached hydrogen (secondary N) is 2. The standard InChI is InChI=1S/C22H21ClN2O4S/c1-15-6-5-7-16(2)22(15)25-30(27,28)18-12-10-17(11-13-18)24-21(26)14-29-20-9-4-3-8-19(20)23/h3-13,25H,14H2,1-2H3,(H,24,26). The summed E-state index contributed by atoms with van der Waals surface area (Å²) in [6.45, 7) is 3.46. The molecule has 0 spiro atoms. The maximum atomic E-state index is 12.7. The van der Waals surface area contributed by atoms with E-state index < -0.39 is 10.0 Å². The summed E-state index contributed by atoms with van der Waals surface area (Å²) in [5, 5.41) is 3.07. The highest BCUT2D eigenvalue weighted by Gasteiger charge is 2.16. The molecule has 30 heavy (non-hydrogen) atoms. The SMILES string of the molecule is Cc1cccc(C)c1NS(=O)(=O)c1ccc(NC(=O)COc2ccccc2Cl)cc1. The molecule has 2 N–H and O–H groups in total. The van der Waals surface area contributed by atoms with Crippen molar-refractivity contribution in [2.45, 2.75) is 18.7 Å². The monoisotopic (exact) mass is 444 g/mol. The number of sulfonamides is 1. The Morgan fingerprint density at radius 3 is 2.20 bits per heavy atom. The second-order valence-electron chi connectivity index (χ2n) is 6.66. The fourth-order valence-corrected chi connectivity index (χ4v) is 4.18. The number of halogens is 1. The Morgan fingerprint density at radius 1 is 0.933 bits per heavy atom. The van der Waals surface area contributed by atoms with E-state index in [9.17, 15) is 13.2 Å². The van der Waals surface area contributed by atoms with E-state index in [1.165, 1.54) is 24.3 Å². The summed E-state index contributed by atoms with van der Waals surface area (Å²) in [4.78, 5) is 12.2. The number of aryl methyl sites for hydroxylation is 2. The number of ether oxygens (including phenoxy) is 1. The summed E-state index contributed by atoms with van der Waals surface area (Å²) < 4.78 is 33.4. The Bertz CT molecular complexity index is 1140. The molecule has 0 aromatic heterocycles. The maximum Gasteiger partial charge on any atom is 0.262 e. The molecule has 0 bridgehead atoms. The van der Waals surface area contributed by atoms with Crippen LogP contribution in [0.5, 0.6) is 5.75 Å². The molecule has 3 rings (SSSR count). The number of carbonyl (C=O) groups excluding carboxylic acids is 1. The fourth-order valence-electron chi connectivity index (χ4n) is 2.79. The van der Waals surface area contributed by atoms with Gasteiger partial charge in [0.15, 0.2) is 6.61 Å². The zero-order chi connectivity index (χ0) is 21.7. The number of carbonyl (C=O) groups is 1. The normalized spacial score (nSPS) is 11.0. The van der Waals surface area contributed by atoms with Crippen molar-refractivity contribution >= 4 is 38.9 Å². The van der Waals surface area contributed by atoms with Crippen LogP contribution in [-0.4, -0.2) is 20.9 Å². The number of hydrogen-bond donors (Lipinski definition) is 2. The van der Waals surface area contributed by atoms with E-state index in [1.807, 2.05) is 32.0 Å². The molecular weight excluding hydrogens is 424 g/mol. The van der Waals surface area contributed by atoms with Crippen molar-refractivity contribution in [3.8, 4) is 5.75 Å². The maximum absolute atomic E-state index is 12.7. The third kappa shape index (κ3) is 5.31. The van der Waals surface area contributed by atoms with Crippen LogP contribution in [-0.2, 0) is 14.8 Å². The first-order valence-electron chi connectivity index (χ1n) is 9.12. The van der Waals surface area contributed by atoms with E-state index in [4.69, 9.17) is 16.3 Å². The Balaban J connectivity index is 1.64. The highest BCUT2D eigenvalue weighted by molar-refractivity contribution is 7.92. The van der Waals surface area contributed by atoms with Crippen molar-refractivity contribution < 1.29 is 17.9 Å². The van der Waals surface area contributed by atoms with Gasteiger partial charge in [0.25, 0.3) is 15.9 Å². The predicted molar refractivity (Wildman–Crippen MR) is 119 cm³/mol. The summed E-state index contributed by atoms with van der Waals surface area (Å²) >= 11 is 5.99. The van der Waals surface area contributed by atoms with Gasteiger partial charge in [0.05, 0.1) is 15.6 Å². The lowest BCUT2D eigenvalue weighted by molar-refractivity contribution is -0.118. The fraction of sp³-hybridized carbons (Fsp3) is 0.136. The van der Waals surface area contributed by atoms with Crippen molar-refractivity contribution in [1.82, 2.24) is 0 Å². The number of anilines is 2. The minimum absolute atomic E-state index is 0.0930. The molecule has 0 fully saturated rings. The van der Waals surface area contributed by atoms with Crippen LogP contribution < -0.4 is 14.8 Å². The van der Waals surface area contributed by atoms with Crippen molar-refractivity contribution in [1.29, 1.82) is 0 Å². The Kier molecular flexibility index (Phi) is 6.64. The Morgan fingerprint density at radius 2 is 1.57 bits per heavy atom. The molecular formula is C22H21ClN2O4S. The van der Waals surface area contributed by atoms with Gasteiger partial charge in [-0.1, -0.05) is 41.9 Å². The average molecular weight is 445 g/mol. The van der Waals surface area contributed by atoms with Crippen LogP contribution in [0.15, 0.2) is 71.6 Å². The van der Waals surface area contributed by atoms with Gasteiger partial charge in [-0.05, 0) is 61.4 Å². The number of para-hydroxylation sites is 2. The van der Waals surface area contributed by atoms with E-state index in [0.29, 0.717) is 22.1 Å². The van der Waals surface area contributed by atoms with Crippen LogP contribution in [0.1, 0.15) is 11.1 Å². The minimum Gasteiger partial charge on any atom is -0.482 e. The zero-order valence-corrected chi connectivity index (χ0v) is 18.0. The number of hydrogen-bond acceptors (Lipinski definition) is 4. The van der Waals surface area contributed by atoms with E-state index >= 15 is 0 Å². The summed E-state index contributed by atoms with van der Waals surface area (Å²) in [6, 6.07) is 18.3. The van der Waals surface area contributed by atoms with E-state index in [0.717, 1.165) is 11.1 Å². The molecule has 0 aliphatic carbocycles. The molecule has 0 unspecified atom stereocenters. The molecule has 3 aromatic carbocycles. The first kappa shape index (κ1) is 21.7. The third-order valence-corrected chi connectivity index (χ3v) is 6.04. The highest BCUT2D eigenvalue weighted by atomic mass is 35.5. The van der Waals surface area contributed by atoms with Crippen LogP contribution in [0.4, 0.5) is 11.4 Å². The van der Waals surface area contributed by atoms with Gasteiger partial charge in [0.1, 0.15) is 5.75 Å². The largest absolute Gasteiger partial charge is 0.482 e. The van der Waals surface area contributed by atoms with Crippen LogP contribution >= 0.6 is 11.6 Å². The summed E-state index contributed by atoms with van der Waals surface area (Å²) in [5.41, 5.74) is 2.68. The lowest BCUT2D eigenvalue weighted by atomic mass is 10.1. The van der Waals surface area contributed by atoms with Crippen LogP contribution in [0.3, 0.4) is 0 Å². The summed E-state index contributed by atoms with van der Waals surface area (Å²) in [6.07, 6.45) is 0. The van der Waals surface area contributed by atoms with E-state index in [1.54, 1.807) is 24.3 Å². The van der Waals surface area contributed by atoms with Crippen molar-refractivity contribution in [3.05, 3.63) is 82.9 Å². The van der Waals surface area contributed by atoms with Crippen LogP contribution in [0, 0.1) is 13.8 Å². The van der Waals surface area contributed by atoms with E-state index in [-0.39, 0.29) is 17.4 Å². The van der Waals surface area contributed by atoms with Gasteiger partial charge in [-0.3, -0.25) is 9.52 Å². The van der Waals surface area contributed by atoms with Gasteiger partial charge in [-0.25, -0.2) is 8.42 Å². The predicted octanol–water partition coefficient (Wildman–Crippen LogP) is 4.78. The van der Waals surface area contributed by atoms with Crippen LogP contribution in [0.2, 0.25) is 5.02 Å². The molecule has 0 aliphatic rings. The summed E-state index contributed by atoms with van der Waals surface area (Å²) in [5.74, 6) is 0.0209. The average Bonchev–Trinajstić information content (AvgIpc) is 2.71. The van der Waals surface area contributed by atoms with Gasteiger partial charge in [-0.15, -0.1) is 0 Å². The lowest BCUT2D eigenvalue weighted by Crippen LogP contribution is -2.20. The third-order valence-electron chi connectivity index (χ3n) is 4.36. The highest BCUT2D eigenvalue weighted by Crippen LogP contribution is 2.25.